The van der Waals surface area contributed by atoms with Gasteiger partial charge in [-0.15, -0.1) is 0 Å². The van der Waals surface area contributed by atoms with Gasteiger partial charge in [0, 0.05) is 59.7 Å². The summed E-state index contributed by atoms with van der Waals surface area (Å²) in [5, 5.41) is 1.79. The number of hydrogen-bond donors (Lipinski definition) is 1. The fourth-order valence-electron chi connectivity index (χ4n) is 0.477. The summed E-state index contributed by atoms with van der Waals surface area (Å²) in [6.45, 7) is 6.79. The maximum absolute atomic E-state index is 9.98. The number of aromatic nitrogens is 1. The van der Waals surface area contributed by atoms with Gasteiger partial charge in [-0.1, -0.05) is 6.20 Å². The third-order valence-corrected chi connectivity index (χ3v) is 1.08. The smallest absolute Gasteiger partial charge is 0.0713 e. The number of nitrogens with zero attached hydrogens (tertiary/aromatic N) is 1. The zero-order valence-electron chi connectivity index (χ0n) is 8.60. The van der Waals surface area contributed by atoms with E-state index < -0.39 is 5.91 Å². The van der Waals surface area contributed by atoms with Crippen LogP contribution in [-0.2, 0) is 63.4 Å². The number of rotatable bonds is 2. The van der Waals surface area contributed by atoms with E-state index in [1.54, 1.807) is 23.6 Å². The van der Waals surface area contributed by atoms with Gasteiger partial charge in [-0.2, -0.15) is 12.5 Å². The molecule has 6 heteroatoms. The summed E-state index contributed by atoms with van der Waals surface area (Å²) in [4.78, 5) is 23.1. The van der Waals surface area contributed by atoms with Crippen molar-refractivity contribution < 1.29 is 63.4 Å². The molecular formula is C10H10N2O2WY-4. The van der Waals surface area contributed by atoms with Gasteiger partial charge in [0.25, 0.3) is 0 Å². The molecule has 0 aliphatic carbocycles. The van der Waals surface area contributed by atoms with Crippen LogP contribution < -0.4 is 5.32 Å². The van der Waals surface area contributed by atoms with Crippen molar-refractivity contribution in [2.45, 2.75) is 6.42 Å². The van der Waals surface area contributed by atoms with Gasteiger partial charge in [-0.05, 0) is 0 Å². The molecule has 0 aromatic carbocycles. The summed E-state index contributed by atoms with van der Waals surface area (Å²) in [6.07, 6.45) is 2.98. The molecule has 0 fully saturated rings. The Hall–Kier alpha value is -0.0478. The number of carbonyl (C=O) groups excluding carboxylic acids is 2. The Labute approximate surface area is 135 Å². The fourth-order valence-corrected chi connectivity index (χ4v) is 0.477. The van der Waals surface area contributed by atoms with E-state index in [1.807, 2.05) is 0 Å². The fraction of sp³-hybridized carbons (Fsp3) is 0.100. The summed E-state index contributed by atoms with van der Waals surface area (Å²) in [5.74, 6) is -0.407. The molecule has 1 aromatic rings. The number of hydrogen-bond acceptors (Lipinski definition) is 3. The Morgan fingerprint density at radius 3 is 2.44 bits per heavy atom. The number of imide groups is 1. The predicted molar refractivity (Wildman–Crippen MR) is 51.3 cm³/mol. The third kappa shape index (κ3) is 14.0. The molecule has 4 nitrogen and oxygen atoms in total. The normalized spacial score (nSPS) is 7.06. The monoisotopic (exact) mass is 463 g/mol. The molecule has 2 amide bonds. The molecule has 85 valence electrons. The standard InChI is InChI=1S/C6H5N.C4H5NO2.W.Y/c1-6-4-2-3-5-7-6;1-2-4(7)5-3-6;;/h3-5H,1H2;1-2H2,(H,5,6,7);;/q2*-2;;. The van der Waals surface area contributed by atoms with E-state index in [2.05, 4.69) is 24.9 Å². The van der Waals surface area contributed by atoms with Gasteiger partial charge in [0.15, 0.2) is 0 Å². The molecule has 0 aliphatic rings. The van der Waals surface area contributed by atoms with Crippen molar-refractivity contribution in [1.29, 1.82) is 0 Å². The maximum Gasteiger partial charge on any atom is 0.0713 e. The first kappa shape index (κ1) is 21.3. The molecule has 0 bridgehead atoms. The van der Waals surface area contributed by atoms with Crippen molar-refractivity contribution >= 4 is 12.3 Å². The van der Waals surface area contributed by atoms with Crippen LogP contribution >= 0.6 is 0 Å². The second kappa shape index (κ2) is 15.0. The van der Waals surface area contributed by atoms with Gasteiger partial charge in [-0.25, -0.2) is 5.69 Å². The minimum Gasteiger partial charge on any atom is -0.464 e. The van der Waals surface area contributed by atoms with Crippen LogP contribution in [0.25, 0.3) is 0 Å². The minimum absolute atomic E-state index is 0. The van der Waals surface area contributed by atoms with E-state index >= 15 is 0 Å². The molecule has 1 radical (unpaired) electrons. The molecule has 16 heavy (non-hydrogen) atoms. The summed E-state index contributed by atoms with van der Waals surface area (Å²) >= 11 is 0. The zero-order chi connectivity index (χ0) is 10.8. The maximum atomic E-state index is 9.98. The largest absolute Gasteiger partial charge is 0.464 e. The van der Waals surface area contributed by atoms with E-state index in [0.717, 1.165) is 5.69 Å². The molecule has 1 heterocycles. The van der Waals surface area contributed by atoms with Crippen LogP contribution in [0.1, 0.15) is 12.1 Å². The Bertz CT molecular complexity index is 283. The van der Waals surface area contributed by atoms with Gasteiger partial charge in [0.1, 0.15) is 0 Å². The number of pyridine rings is 1. The number of amides is 2. The molecule has 1 aromatic heterocycles. The van der Waals surface area contributed by atoms with Gasteiger partial charge >= 0.3 is 0 Å². The van der Waals surface area contributed by atoms with Gasteiger partial charge in [0.2, 0.25) is 0 Å². The first-order valence-electron chi connectivity index (χ1n) is 3.80. The Kier molecular flexibility index (Phi) is 19.9. The van der Waals surface area contributed by atoms with E-state index in [4.69, 9.17) is 0 Å². The molecular weight excluding hydrogens is 453 g/mol. The second-order valence-corrected chi connectivity index (χ2v) is 2.15. The number of nitrogens with one attached hydrogen (secondary N) is 1. The average molecular weight is 463 g/mol. The van der Waals surface area contributed by atoms with Crippen LogP contribution in [0.5, 0.6) is 0 Å². The Morgan fingerprint density at radius 2 is 2.25 bits per heavy atom. The van der Waals surface area contributed by atoms with Crippen molar-refractivity contribution in [2.24, 2.45) is 0 Å². The van der Waals surface area contributed by atoms with Crippen molar-refractivity contribution in [3.05, 3.63) is 43.9 Å². The molecule has 0 saturated carbocycles. The predicted octanol–water partition coefficient (Wildman–Crippen LogP) is 0.453. The average Bonchev–Trinajstić information content (AvgIpc) is 2.20. The van der Waals surface area contributed by atoms with E-state index in [9.17, 15) is 9.59 Å². The minimum atomic E-state index is -0.407. The van der Waals surface area contributed by atoms with Crippen molar-refractivity contribution in [1.82, 2.24) is 10.3 Å². The summed E-state index contributed by atoms with van der Waals surface area (Å²) in [6, 6.07) is 6.32. The molecule has 1 rings (SSSR count). The van der Waals surface area contributed by atoms with Crippen LogP contribution in [0.4, 0.5) is 0 Å². The van der Waals surface area contributed by atoms with Crippen molar-refractivity contribution in [3.63, 3.8) is 0 Å². The second-order valence-electron chi connectivity index (χ2n) is 2.15. The van der Waals surface area contributed by atoms with Crippen LogP contribution in [0.2, 0.25) is 0 Å². The van der Waals surface area contributed by atoms with Gasteiger partial charge in [0.05, 0.1) is 6.41 Å². The molecule has 1 N–H and O–H groups in total. The topological polar surface area (TPSA) is 59.1 Å². The Balaban J connectivity index is -0.000000188. The quantitative estimate of drug-likeness (QED) is 0.513. The summed E-state index contributed by atoms with van der Waals surface area (Å²) < 4.78 is 0. The van der Waals surface area contributed by atoms with Gasteiger partial charge < -0.3 is 32.9 Å². The molecule has 0 atom stereocenters. The molecule has 0 unspecified atom stereocenters. The van der Waals surface area contributed by atoms with Crippen LogP contribution in [0.3, 0.4) is 0 Å². The van der Waals surface area contributed by atoms with Crippen molar-refractivity contribution in [2.75, 3.05) is 0 Å². The Morgan fingerprint density at radius 1 is 1.62 bits per heavy atom. The molecule has 0 saturated heterocycles. The van der Waals surface area contributed by atoms with Gasteiger partial charge in [-0.3, -0.25) is 13.0 Å². The van der Waals surface area contributed by atoms with E-state index in [0.29, 0.717) is 0 Å². The van der Waals surface area contributed by atoms with E-state index in [-0.39, 0.29) is 60.2 Å². The summed E-state index contributed by atoms with van der Waals surface area (Å²) in [5.41, 5.74) is 0.766. The molecule has 0 aliphatic heterocycles. The summed E-state index contributed by atoms with van der Waals surface area (Å²) in [7, 11) is 0. The molecule has 0 spiro atoms. The SMILES string of the molecule is [CH2-]CC(=O)N[C-]=O.[CH2-]c1c[c-]ccn1.[W].[Y]. The van der Waals surface area contributed by atoms with Crippen molar-refractivity contribution in [3.8, 4) is 0 Å². The van der Waals surface area contributed by atoms with Crippen LogP contribution in [0.15, 0.2) is 18.3 Å². The van der Waals surface area contributed by atoms with Crippen LogP contribution in [-0.4, -0.2) is 17.3 Å². The van der Waals surface area contributed by atoms with Crippen LogP contribution in [0, 0.1) is 19.9 Å². The van der Waals surface area contributed by atoms with E-state index in [1.165, 1.54) is 6.41 Å². The third-order valence-electron chi connectivity index (χ3n) is 1.08. The number of carbonyl (C=O) groups is 1. The first-order valence-corrected chi connectivity index (χ1v) is 3.80. The first-order chi connectivity index (χ1) is 6.70. The zero-order valence-corrected chi connectivity index (χ0v) is 14.4.